The van der Waals surface area contributed by atoms with E-state index >= 15 is 0 Å². The lowest BCUT2D eigenvalue weighted by molar-refractivity contribution is 0.104. The summed E-state index contributed by atoms with van der Waals surface area (Å²) >= 11 is 0. The number of hydrogen-bond acceptors (Lipinski definition) is 3. The lowest BCUT2D eigenvalue weighted by atomic mass is 10.1. The maximum Gasteiger partial charge on any atom is 0.330 e. The molecule has 0 aliphatic rings. The molecule has 34 heavy (non-hydrogen) atoms. The highest BCUT2D eigenvalue weighted by Gasteiger charge is 2.10. The number of aromatic nitrogens is 2. The van der Waals surface area contributed by atoms with Crippen molar-refractivity contribution in [2.24, 2.45) is 0 Å². The Morgan fingerprint density at radius 3 is 2.47 bits per heavy atom. The molecule has 0 saturated heterocycles. The van der Waals surface area contributed by atoms with Crippen molar-refractivity contribution in [3.63, 3.8) is 0 Å². The van der Waals surface area contributed by atoms with Gasteiger partial charge in [0.2, 0.25) is 0 Å². The molecule has 0 aliphatic carbocycles. The van der Waals surface area contributed by atoms with Gasteiger partial charge in [0.1, 0.15) is 0 Å². The summed E-state index contributed by atoms with van der Waals surface area (Å²) in [6, 6.07) is 28.5. The van der Waals surface area contributed by atoms with Crippen LogP contribution in [0.1, 0.15) is 21.5 Å². The Kier molecular flexibility index (Phi) is 5.77. The standard InChI is InChI=1S/C29H22N2O3/c32-19-21-10-8-20(9-11-21)12-15-28(33)25-6-3-7-26(17-25)31-18-27(30-29(31)34)24-14-13-22-4-1-2-5-23(22)16-24/h1-18,32H,19H2,(H,30,34). The number of hydrogen-bond donors (Lipinski definition) is 2. The Labute approximate surface area is 196 Å². The van der Waals surface area contributed by atoms with E-state index in [2.05, 4.69) is 4.98 Å². The largest absolute Gasteiger partial charge is 0.392 e. The number of aromatic amines is 1. The van der Waals surface area contributed by atoms with Crippen LogP contribution in [0.2, 0.25) is 0 Å². The van der Waals surface area contributed by atoms with Crippen molar-refractivity contribution in [1.82, 2.24) is 9.55 Å². The molecule has 0 unspecified atom stereocenters. The number of benzene rings is 4. The van der Waals surface area contributed by atoms with Crippen LogP contribution in [0.5, 0.6) is 0 Å². The second kappa shape index (κ2) is 9.17. The van der Waals surface area contributed by atoms with Crippen molar-refractivity contribution in [2.45, 2.75) is 6.61 Å². The fraction of sp³-hybridized carbons (Fsp3) is 0.0345. The van der Waals surface area contributed by atoms with E-state index < -0.39 is 0 Å². The van der Waals surface area contributed by atoms with Crippen molar-refractivity contribution < 1.29 is 9.90 Å². The third-order valence-corrected chi connectivity index (χ3v) is 5.78. The van der Waals surface area contributed by atoms with Crippen LogP contribution >= 0.6 is 0 Å². The molecule has 5 rings (SSSR count). The van der Waals surface area contributed by atoms with Gasteiger partial charge in [-0.2, -0.15) is 0 Å². The predicted molar refractivity (Wildman–Crippen MR) is 135 cm³/mol. The minimum absolute atomic E-state index is 0.0170. The molecule has 0 spiro atoms. The second-order valence-corrected chi connectivity index (χ2v) is 8.05. The molecule has 0 saturated carbocycles. The highest BCUT2D eigenvalue weighted by Crippen LogP contribution is 2.23. The van der Waals surface area contributed by atoms with Crippen LogP contribution in [-0.2, 0) is 6.61 Å². The molecule has 0 amide bonds. The highest BCUT2D eigenvalue weighted by molar-refractivity contribution is 6.07. The highest BCUT2D eigenvalue weighted by atomic mass is 16.3. The first-order valence-corrected chi connectivity index (χ1v) is 10.9. The number of rotatable bonds is 6. The quantitative estimate of drug-likeness (QED) is 0.272. The van der Waals surface area contributed by atoms with E-state index in [4.69, 9.17) is 5.11 Å². The van der Waals surface area contributed by atoms with E-state index in [1.165, 1.54) is 10.6 Å². The van der Waals surface area contributed by atoms with E-state index in [0.29, 0.717) is 16.9 Å². The zero-order chi connectivity index (χ0) is 23.5. The summed E-state index contributed by atoms with van der Waals surface area (Å²) in [5, 5.41) is 11.4. The van der Waals surface area contributed by atoms with Gasteiger partial charge in [0, 0.05) is 17.3 Å². The van der Waals surface area contributed by atoms with E-state index in [0.717, 1.165) is 27.5 Å². The molecular weight excluding hydrogens is 424 g/mol. The molecule has 5 nitrogen and oxygen atoms in total. The number of nitrogens with one attached hydrogen (secondary N) is 1. The van der Waals surface area contributed by atoms with Crippen molar-refractivity contribution in [3.05, 3.63) is 130 Å². The van der Waals surface area contributed by atoms with Gasteiger partial charge in [0.25, 0.3) is 0 Å². The SMILES string of the molecule is O=C(C=Cc1ccc(CO)cc1)c1cccc(-n2cc(-c3ccc4ccccc4c3)[nH]c2=O)c1. The van der Waals surface area contributed by atoms with Crippen molar-refractivity contribution in [1.29, 1.82) is 0 Å². The maximum absolute atomic E-state index is 12.7. The number of H-pyrrole nitrogens is 1. The first-order valence-electron chi connectivity index (χ1n) is 10.9. The molecule has 2 N–H and O–H groups in total. The first-order chi connectivity index (χ1) is 16.6. The Hall–Kier alpha value is -4.48. The molecule has 4 aromatic carbocycles. The lowest BCUT2D eigenvalue weighted by Crippen LogP contribution is -2.14. The van der Waals surface area contributed by atoms with E-state index in [1.807, 2.05) is 66.7 Å². The summed E-state index contributed by atoms with van der Waals surface area (Å²) in [5.74, 6) is -0.161. The molecule has 0 radical (unpaired) electrons. The van der Waals surface area contributed by atoms with Gasteiger partial charge < -0.3 is 10.1 Å². The molecule has 5 heteroatoms. The van der Waals surface area contributed by atoms with Gasteiger partial charge >= 0.3 is 5.69 Å². The Bertz CT molecular complexity index is 1570. The average Bonchev–Trinajstić information content (AvgIpc) is 3.29. The first kappa shape index (κ1) is 21.4. The predicted octanol–water partition coefficient (Wildman–Crippen LogP) is 5.37. The third-order valence-electron chi connectivity index (χ3n) is 5.78. The smallest absolute Gasteiger partial charge is 0.330 e. The third kappa shape index (κ3) is 4.37. The zero-order valence-electron chi connectivity index (χ0n) is 18.3. The summed E-state index contributed by atoms with van der Waals surface area (Å²) in [7, 11) is 0. The van der Waals surface area contributed by atoms with E-state index in [-0.39, 0.29) is 18.1 Å². The minimum Gasteiger partial charge on any atom is -0.392 e. The summed E-state index contributed by atoms with van der Waals surface area (Å²) in [6.07, 6.45) is 5.00. The molecule has 0 atom stereocenters. The number of carbonyl (C=O) groups is 1. The van der Waals surface area contributed by atoms with E-state index in [1.54, 1.807) is 36.5 Å². The minimum atomic E-state index is -0.271. The molecule has 5 aromatic rings. The van der Waals surface area contributed by atoms with Crippen molar-refractivity contribution >= 4 is 22.6 Å². The molecule has 166 valence electrons. The Morgan fingerprint density at radius 1 is 0.882 bits per heavy atom. The summed E-state index contributed by atoms with van der Waals surface area (Å²) in [5.41, 5.74) is 4.13. The number of aliphatic hydroxyl groups excluding tert-OH is 1. The lowest BCUT2D eigenvalue weighted by Gasteiger charge is -2.04. The number of nitrogens with zero attached hydrogens (tertiary/aromatic N) is 1. The van der Waals surface area contributed by atoms with Gasteiger partial charge in [0.15, 0.2) is 5.78 Å². The summed E-state index contributed by atoms with van der Waals surface area (Å²) < 4.78 is 1.51. The second-order valence-electron chi connectivity index (χ2n) is 8.05. The molecular formula is C29H22N2O3. The number of imidazole rings is 1. The zero-order valence-corrected chi connectivity index (χ0v) is 18.3. The Morgan fingerprint density at radius 2 is 1.68 bits per heavy atom. The Balaban J connectivity index is 1.41. The van der Waals surface area contributed by atoms with Gasteiger partial charge in [-0.15, -0.1) is 0 Å². The van der Waals surface area contributed by atoms with Crippen LogP contribution in [0.25, 0.3) is 33.8 Å². The number of aliphatic hydroxyl groups is 1. The number of fused-ring (bicyclic) bond motifs is 1. The average molecular weight is 447 g/mol. The van der Waals surface area contributed by atoms with Gasteiger partial charge in [-0.3, -0.25) is 9.36 Å². The van der Waals surface area contributed by atoms with Crippen LogP contribution in [0.4, 0.5) is 0 Å². The van der Waals surface area contributed by atoms with Gasteiger partial charge in [-0.1, -0.05) is 78.9 Å². The summed E-state index contributed by atoms with van der Waals surface area (Å²) in [6.45, 7) is -0.0170. The number of allylic oxidation sites excluding steroid dienone is 1. The number of ketones is 1. The van der Waals surface area contributed by atoms with Gasteiger partial charge in [-0.25, -0.2) is 4.79 Å². The van der Waals surface area contributed by atoms with Crippen molar-refractivity contribution in [3.8, 4) is 16.9 Å². The monoisotopic (exact) mass is 446 g/mol. The molecule has 0 bridgehead atoms. The molecule has 0 aliphatic heterocycles. The van der Waals surface area contributed by atoms with E-state index in [9.17, 15) is 9.59 Å². The molecule has 1 heterocycles. The van der Waals surface area contributed by atoms with Crippen LogP contribution in [0, 0.1) is 0 Å². The maximum atomic E-state index is 12.7. The fourth-order valence-electron chi connectivity index (χ4n) is 3.90. The van der Waals surface area contributed by atoms with Crippen LogP contribution in [-0.4, -0.2) is 20.4 Å². The van der Waals surface area contributed by atoms with Gasteiger partial charge in [0.05, 0.1) is 18.0 Å². The topological polar surface area (TPSA) is 75.1 Å². The number of carbonyl (C=O) groups excluding carboxylic acids is 1. The summed E-state index contributed by atoms with van der Waals surface area (Å²) in [4.78, 5) is 28.4. The molecule has 1 aromatic heterocycles. The van der Waals surface area contributed by atoms with Crippen LogP contribution in [0.15, 0.2) is 108 Å². The van der Waals surface area contributed by atoms with Gasteiger partial charge in [-0.05, 0) is 46.2 Å². The normalized spacial score (nSPS) is 11.3. The van der Waals surface area contributed by atoms with Crippen LogP contribution < -0.4 is 5.69 Å². The molecule has 0 fully saturated rings. The fourth-order valence-corrected chi connectivity index (χ4v) is 3.90. The van der Waals surface area contributed by atoms with Crippen LogP contribution in [0.3, 0.4) is 0 Å². The van der Waals surface area contributed by atoms with Crippen molar-refractivity contribution in [2.75, 3.05) is 0 Å².